The van der Waals surface area contributed by atoms with Crippen LogP contribution in [0.2, 0.25) is 0 Å². The van der Waals surface area contributed by atoms with Gasteiger partial charge in [0.2, 0.25) is 0 Å². The molecular formula is C6H8O3. The smallest absolute Gasteiger partial charge is 0.146 e. The normalized spacial score (nSPS) is 27.4. The third kappa shape index (κ3) is 1.16. The Morgan fingerprint density at radius 3 is 2.44 bits per heavy atom. The lowest BCUT2D eigenvalue weighted by atomic mass is 10.1. The van der Waals surface area contributed by atoms with Gasteiger partial charge in [0.15, 0.2) is 0 Å². The molecule has 1 N–H and O–H groups in total. The van der Waals surface area contributed by atoms with Crippen LogP contribution in [0.5, 0.6) is 0 Å². The number of aliphatic hydroxyl groups is 1. The van der Waals surface area contributed by atoms with Crippen LogP contribution in [0, 0.1) is 5.92 Å². The van der Waals surface area contributed by atoms with Gasteiger partial charge in [-0.05, 0) is 0 Å². The molecule has 1 fully saturated rings. The Morgan fingerprint density at radius 1 is 1.56 bits per heavy atom. The molecule has 1 unspecified atom stereocenters. The highest BCUT2D eigenvalue weighted by molar-refractivity contribution is 6.07. The summed E-state index contributed by atoms with van der Waals surface area (Å²) >= 11 is 0. The number of aliphatic hydroxyl groups excluding tert-OH is 1. The molecule has 0 saturated heterocycles. The van der Waals surface area contributed by atoms with Gasteiger partial charge in [0, 0.05) is 12.3 Å². The molecule has 0 radical (unpaired) electrons. The second-order valence-electron chi connectivity index (χ2n) is 2.27. The average Bonchev–Trinajstić information content (AvgIpc) is 2.10. The first kappa shape index (κ1) is 6.42. The minimum Gasteiger partial charge on any atom is -0.396 e. The van der Waals surface area contributed by atoms with Crippen LogP contribution in [-0.4, -0.2) is 23.3 Å². The Morgan fingerprint density at radius 2 is 2.22 bits per heavy atom. The molecule has 1 aliphatic rings. The van der Waals surface area contributed by atoms with E-state index < -0.39 is 5.92 Å². The van der Waals surface area contributed by atoms with Crippen molar-refractivity contribution in [3.63, 3.8) is 0 Å². The monoisotopic (exact) mass is 128 g/mol. The van der Waals surface area contributed by atoms with Crippen molar-refractivity contribution < 1.29 is 14.7 Å². The van der Waals surface area contributed by atoms with E-state index >= 15 is 0 Å². The van der Waals surface area contributed by atoms with Gasteiger partial charge in [-0.1, -0.05) is 0 Å². The molecule has 0 amide bonds. The summed E-state index contributed by atoms with van der Waals surface area (Å²) in [7, 11) is 0. The zero-order valence-corrected chi connectivity index (χ0v) is 4.96. The second kappa shape index (κ2) is 2.27. The van der Waals surface area contributed by atoms with Crippen molar-refractivity contribution in [3.05, 3.63) is 0 Å². The molecule has 1 rings (SSSR count). The molecule has 0 aliphatic heterocycles. The molecule has 1 atom stereocenters. The van der Waals surface area contributed by atoms with Crippen LogP contribution >= 0.6 is 0 Å². The molecule has 0 aromatic rings. The van der Waals surface area contributed by atoms with E-state index in [0.29, 0.717) is 0 Å². The Hall–Kier alpha value is -0.700. The van der Waals surface area contributed by atoms with E-state index in [1.54, 1.807) is 0 Å². The van der Waals surface area contributed by atoms with Gasteiger partial charge in [-0.3, -0.25) is 9.59 Å². The number of hydrogen-bond acceptors (Lipinski definition) is 3. The average molecular weight is 128 g/mol. The maximum absolute atomic E-state index is 10.6. The largest absolute Gasteiger partial charge is 0.396 e. The first-order valence-corrected chi connectivity index (χ1v) is 2.89. The van der Waals surface area contributed by atoms with Crippen molar-refractivity contribution in [2.45, 2.75) is 12.8 Å². The lowest BCUT2D eigenvalue weighted by molar-refractivity contribution is -0.123. The van der Waals surface area contributed by atoms with E-state index in [1.807, 2.05) is 0 Å². The molecule has 3 nitrogen and oxygen atoms in total. The zero-order valence-electron chi connectivity index (χ0n) is 4.96. The zero-order chi connectivity index (χ0) is 6.85. The summed E-state index contributed by atoms with van der Waals surface area (Å²) in [5, 5.41) is 8.48. The molecular weight excluding hydrogens is 120 g/mol. The highest BCUT2D eigenvalue weighted by Crippen LogP contribution is 2.16. The van der Waals surface area contributed by atoms with Crippen molar-refractivity contribution in [2.75, 3.05) is 6.61 Å². The second-order valence-corrected chi connectivity index (χ2v) is 2.27. The fraction of sp³-hybridized carbons (Fsp3) is 0.667. The topological polar surface area (TPSA) is 54.4 Å². The number of carbonyl (C=O) groups excluding carboxylic acids is 2. The maximum Gasteiger partial charge on any atom is 0.146 e. The van der Waals surface area contributed by atoms with Gasteiger partial charge < -0.3 is 5.11 Å². The maximum atomic E-state index is 10.6. The minimum atomic E-state index is -0.391. The highest BCUT2D eigenvalue weighted by Gasteiger charge is 2.29. The standard InChI is InChI=1S/C6H8O3/c7-3-4-1-5(8)2-6(4)9/h4,7H,1-3H2. The third-order valence-corrected chi connectivity index (χ3v) is 1.52. The molecule has 50 valence electrons. The lowest BCUT2D eigenvalue weighted by Gasteiger charge is -1.96. The van der Waals surface area contributed by atoms with Crippen LogP contribution in [0.25, 0.3) is 0 Å². The number of rotatable bonds is 1. The van der Waals surface area contributed by atoms with Crippen molar-refractivity contribution in [1.82, 2.24) is 0 Å². The van der Waals surface area contributed by atoms with Gasteiger partial charge in [0.25, 0.3) is 0 Å². The summed E-state index contributed by atoms with van der Waals surface area (Å²) in [6, 6.07) is 0. The van der Waals surface area contributed by atoms with Crippen LogP contribution in [-0.2, 0) is 9.59 Å². The lowest BCUT2D eigenvalue weighted by Crippen LogP contribution is -2.09. The predicted octanol–water partition coefficient (Wildman–Crippen LogP) is -0.473. The van der Waals surface area contributed by atoms with Gasteiger partial charge in [-0.15, -0.1) is 0 Å². The number of hydrogen-bond donors (Lipinski definition) is 1. The Bertz CT molecular complexity index is 150. The third-order valence-electron chi connectivity index (χ3n) is 1.52. The van der Waals surface area contributed by atoms with Gasteiger partial charge in [-0.25, -0.2) is 0 Å². The van der Waals surface area contributed by atoms with Crippen LogP contribution < -0.4 is 0 Å². The van der Waals surface area contributed by atoms with Crippen LogP contribution in [0.3, 0.4) is 0 Å². The Balaban J connectivity index is 2.58. The molecule has 9 heavy (non-hydrogen) atoms. The first-order valence-electron chi connectivity index (χ1n) is 2.89. The first-order chi connectivity index (χ1) is 4.24. The van der Waals surface area contributed by atoms with Crippen molar-refractivity contribution in [1.29, 1.82) is 0 Å². The summed E-state index contributed by atoms with van der Waals surface area (Å²) in [5.41, 5.74) is 0. The summed E-state index contributed by atoms with van der Waals surface area (Å²) in [6.45, 7) is -0.176. The van der Waals surface area contributed by atoms with Gasteiger partial charge in [0.05, 0.1) is 13.0 Å². The molecule has 0 aromatic carbocycles. The minimum absolute atomic E-state index is 0.0330. The van der Waals surface area contributed by atoms with E-state index in [1.165, 1.54) is 0 Å². The van der Waals surface area contributed by atoms with Gasteiger partial charge in [-0.2, -0.15) is 0 Å². The molecule has 0 bridgehead atoms. The molecule has 1 saturated carbocycles. The van der Waals surface area contributed by atoms with Crippen LogP contribution in [0.1, 0.15) is 12.8 Å². The quantitative estimate of drug-likeness (QED) is 0.485. The summed E-state index contributed by atoms with van der Waals surface area (Å²) < 4.78 is 0. The summed E-state index contributed by atoms with van der Waals surface area (Å²) in [6.07, 6.45) is 0.278. The van der Waals surface area contributed by atoms with E-state index in [-0.39, 0.29) is 31.0 Å². The molecule has 3 heteroatoms. The van der Waals surface area contributed by atoms with E-state index in [0.717, 1.165) is 0 Å². The fourth-order valence-corrected chi connectivity index (χ4v) is 0.966. The summed E-state index contributed by atoms with van der Waals surface area (Å²) in [5.74, 6) is -0.543. The SMILES string of the molecule is O=C1CC(=O)C(CO)C1. The fourth-order valence-electron chi connectivity index (χ4n) is 0.966. The van der Waals surface area contributed by atoms with Crippen LogP contribution in [0.15, 0.2) is 0 Å². The molecule has 0 spiro atoms. The molecule has 1 aliphatic carbocycles. The van der Waals surface area contributed by atoms with E-state index in [2.05, 4.69) is 0 Å². The number of Topliss-reactive ketones (excluding diaryl/α,β-unsaturated/α-hetero) is 2. The Kier molecular flexibility index (Phi) is 1.62. The molecule has 0 aromatic heterocycles. The molecule has 0 heterocycles. The van der Waals surface area contributed by atoms with E-state index in [4.69, 9.17) is 5.11 Å². The highest BCUT2D eigenvalue weighted by atomic mass is 16.3. The van der Waals surface area contributed by atoms with Crippen molar-refractivity contribution >= 4 is 11.6 Å². The van der Waals surface area contributed by atoms with Gasteiger partial charge >= 0.3 is 0 Å². The van der Waals surface area contributed by atoms with E-state index in [9.17, 15) is 9.59 Å². The summed E-state index contributed by atoms with van der Waals surface area (Å²) in [4.78, 5) is 21.1. The van der Waals surface area contributed by atoms with Crippen molar-refractivity contribution in [3.8, 4) is 0 Å². The predicted molar refractivity (Wildman–Crippen MR) is 29.8 cm³/mol. The van der Waals surface area contributed by atoms with Crippen LogP contribution in [0.4, 0.5) is 0 Å². The van der Waals surface area contributed by atoms with Crippen molar-refractivity contribution in [2.24, 2.45) is 5.92 Å². The van der Waals surface area contributed by atoms with Gasteiger partial charge in [0.1, 0.15) is 11.6 Å². The Labute approximate surface area is 52.7 Å². The number of carbonyl (C=O) groups is 2. The number of ketones is 2.